The molecule has 2 atom stereocenters. The summed E-state index contributed by atoms with van der Waals surface area (Å²) in [6, 6.07) is 0.137. The number of hydrogen-bond donors (Lipinski definition) is 2. The van der Waals surface area contributed by atoms with Gasteiger partial charge in [0.25, 0.3) is 0 Å². The molecular weight excluding hydrogens is 270 g/mol. The zero-order valence-corrected chi connectivity index (χ0v) is 12.6. The predicted octanol–water partition coefficient (Wildman–Crippen LogP) is -0.119. The summed E-state index contributed by atoms with van der Waals surface area (Å²) in [5, 5.41) is 6.35. The molecule has 2 aliphatic heterocycles. The van der Waals surface area contributed by atoms with E-state index in [1.165, 1.54) is 0 Å². The van der Waals surface area contributed by atoms with Crippen molar-refractivity contribution in [1.29, 1.82) is 0 Å². The summed E-state index contributed by atoms with van der Waals surface area (Å²) < 4.78 is 5.29. The van der Waals surface area contributed by atoms with Crippen LogP contribution in [0.15, 0.2) is 0 Å². The van der Waals surface area contributed by atoms with Gasteiger partial charge in [0.1, 0.15) is 0 Å². The summed E-state index contributed by atoms with van der Waals surface area (Å²) >= 11 is 0. The second-order valence-corrected chi connectivity index (χ2v) is 6.44. The van der Waals surface area contributed by atoms with E-state index in [1.807, 2.05) is 4.90 Å². The van der Waals surface area contributed by atoms with Gasteiger partial charge in [-0.3, -0.25) is 9.59 Å². The van der Waals surface area contributed by atoms with E-state index in [-0.39, 0.29) is 35.9 Å². The van der Waals surface area contributed by atoms with Gasteiger partial charge >= 0.3 is 0 Å². The number of carbonyl (C=O) groups excluding carboxylic acids is 2. The zero-order chi connectivity index (χ0) is 14.8. The number of nitrogens with one attached hydrogen (secondary N) is 2. The second-order valence-electron chi connectivity index (χ2n) is 6.44. The number of hydrogen-bond acceptors (Lipinski definition) is 4. The first kappa shape index (κ1) is 14.8. The van der Waals surface area contributed by atoms with Crippen molar-refractivity contribution < 1.29 is 14.3 Å². The maximum absolute atomic E-state index is 12.4. The molecule has 0 aromatic heterocycles. The van der Waals surface area contributed by atoms with Gasteiger partial charge in [0.05, 0.1) is 12.1 Å². The molecule has 2 amide bonds. The van der Waals surface area contributed by atoms with E-state index in [9.17, 15) is 9.59 Å². The van der Waals surface area contributed by atoms with Crippen molar-refractivity contribution in [3.05, 3.63) is 0 Å². The maximum atomic E-state index is 12.4. The van der Waals surface area contributed by atoms with Crippen LogP contribution in [0.3, 0.4) is 0 Å². The minimum atomic E-state index is -0.104. The minimum Gasteiger partial charge on any atom is -0.380 e. The fourth-order valence-corrected chi connectivity index (χ4v) is 3.20. The summed E-state index contributed by atoms with van der Waals surface area (Å²) in [5.74, 6) is 0.653. The quantitative estimate of drug-likeness (QED) is 0.759. The van der Waals surface area contributed by atoms with Gasteiger partial charge in [-0.2, -0.15) is 0 Å². The first-order chi connectivity index (χ1) is 10.2. The minimum absolute atomic E-state index is 0.104. The smallest absolute Gasteiger partial charge is 0.239 e. The molecule has 1 saturated carbocycles. The van der Waals surface area contributed by atoms with Gasteiger partial charge in [-0.05, 0) is 32.1 Å². The fraction of sp³-hybridized carbons (Fsp3) is 0.867. The van der Waals surface area contributed by atoms with E-state index in [0.29, 0.717) is 0 Å². The first-order valence-electron chi connectivity index (χ1n) is 8.02. The van der Waals surface area contributed by atoms with Crippen molar-refractivity contribution >= 4 is 11.8 Å². The van der Waals surface area contributed by atoms with Crippen LogP contribution < -0.4 is 10.6 Å². The first-order valence-corrected chi connectivity index (χ1v) is 8.02. The Morgan fingerprint density at radius 3 is 2.48 bits per heavy atom. The highest BCUT2D eigenvalue weighted by Gasteiger charge is 2.35. The van der Waals surface area contributed by atoms with E-state index in [2.05, 4.69) is 10.6 Å². The molecule has 1 aliphatic carbocycles. The Hall–Kier alpha value is -1.14. The lowest BCUT2D eigenvalue weighted by atomic mass is 10.0. The Morgan fingerprint density at radius 1 is 1.19 bits per heavy atom. The Labute approximate surface area is 125 Å². The highest BCUT2D eigenvalue weighted by molar-refractivity contribution is 5.83. The van der Waals surface area contributed by atoms with Crippen LogP contribution in [0.1, 0.15) is 32.1 Å². The van der Waals surface area contributed by atoms with Gasteiger partial charge in [0.2, 0.25) is 11.8 Å². The molecular formula is C15H25N3O3. The SMILES string of the molecule is COC1CNC(C(=O)N2CCC(NC(=O)C3CC3)CC2)C1. The Morgan fingerprint density at radius 2 is 1.90 bits per heavy atom. The molecule has 6 heteroatoms. The molecule has 3 fully saturated rings. The molecule has 3 aliphatic rings. The molecule has 21 heavy (non-hydrogen) atoms. The van der Waals surface area contributed by atoms with E-state index < -0.39 is 0 Å². The fourth-order valence-electron chi connectivity index (χ4n) is 3.20. The summed E-state index contributed by atoms with van der Waals surface area (Å²) in [7, 11) is 1.69. The van der Waals surface area contributed by atoms with Crippen LogP contribution in [-0.2, 0) is 14.3 Å². The largest absolute Gasteiger partial charge is 0.380 e. The summed E-state index contributed by atoms with van der Waals surface area (Å²) in [6.45, 7) is 2.23. The number of piperidine rings is 1. The number of amides is 2. The van der Waals surface area contributed by atoms with Gasteiger partial charge in [0.15, 0.2) is 0 Å². The van der Waals surface area contributed by atoms with Gasteiger partial charge < -0.3 is 20.3 Å². The average molecular weight is 295 g/mol. The molecule has 2 unspecified atom stereocenters. The normalized spacial score (nSPS) is 30.4. The van der Waals surface area contributed by atoms with Crippen molar-refractivity contribution in [2.24, 2.45) is 5.92 Å². The van der Waals surface area contributed by atoms with Crippen LogP contribution in [-0.4, -0.2) is 61.6 Å². The Bertz CT molecular complexity index is 403. The average Bonchev–Trinajstić information content (AvgIpc) is 3.25. The number of methoxy groups -OCH3 is 1. The lowest BCUT2D eigenvalue weighted by Gasteiger charge is -2.34. The second kappa shape index (κ2) is 6.32. The molecule has 0 aromatic carbocycles. The Kier molecular flexibility index (Phi) is 4.45. The van der Waals surface area contributed by atoms with Crippen LogP contribution in [0.2, 0.25) is 0 Å². The molecule has 0 aromatic rings. The molecule has 0 bridgehead atoms. The van der Waals surface area contributed by atoms with Crippen LogP contribution in [0.5, 0.6) is 0 Å². The number of nitrogens with zero attached hydrogens (tertiary/aromatic N) is 1. The molecule has 6 nitrogen and oxygen atoms in total. The van der Waals surface area contributed by atoms with E-state index >= 15 is 0 Å². The van der Waals surface area contributed by atoms with Gasteiger partial charge in [-0.1, -0.05) is 0 Å². The van der Waals surface area contributed by atoms with Crippen LogP contribution in [0.4, 0.5) is 0 Å². The zero-order valence-electron chi connectivity index (χ0n) is 12.6. The topological polar surface area (TPSA) is 70.7 Å². The van der Waals surface area contributed by atoms with Crippen molar-refractivity contribution in [2.75, 3.05) is 26.7 Å². The van der Waals surface area contributed by atoms with E-state index in [1.54, 1.807) is 7.11 Å². The van der Waals surface area contributed by atoms with Crippen molar-refractivity contribution in [1.82, 2.24) is 15.5 Å². The van der Waals surface area contributed by atoms with Crippen molar-refractivity contribution in [3.8, 4) is 0 Å². The molecule has 0 radical (unpaired) electrons. The third-order valence-corrected chi connectivity index (χ3v) is 4.82. The van der Waals surface area contributed by atoms with Gasteiger partial charge in [-0.25, -0.2) is 0 Å². The molecule has 3 rings (SSSR count). The number of likely N-dealkylation sites (tertiary alicyclic amines) is 1. The molecule has 118 valence electrons. The number of rotatable bonds is 4. The summed E-state index contributed by atoms with van der Waals surface area (Å²) in [5.41, 5.74) is 0. The van der Waals surface area contributed by atoms with Crippen LogP contribution >= 0.6 is 0 Å². The highest BCUT2D eigenvalue weighted by atomic mass is 16.5. The monoisotopic (exact) mass is 295 g/mol. The summed E-state index contributed by atoms with van der Waals surface area (Å²) in [6.07, 6.45) is 4.71. The van der Waals surface area contributed by atoms with Crippen molar-refractivity contribution in [3.63, 3.8) is 0 Å². The van der Waals surface area contributed by atoms with Gasteiger partial charge in [-0.15, -0.1) is 0 Å². The highest BCUT2D eigenvalue weighted by Crippen LogP contribution is 2.29. The standard InChI is InChI=1S/C15H25N3O3/c1-21-12-8-13(16-9-12)15(20)18-6-4-11(5-7-18)17-14(19)10-2-3-10/h10-13,16H,2-9H2,1H3,(H,17,19). The number of carbonyl (C=O) groups is 2. The lowest BCUT2D eigenvalue weighted by Crippen LogP contribution is -2.51. The maximum Gasteiger partial charge on any atom is 0.239 e. The van der Waals surface area contributed by atoms with Crippen LogP contribution in [0.25, 0.3) is 0 Å². The third-order valence-electron chi connectivity index (χ3n) is 4.82. The van der Waals surface area contributed by atoms with Crippen LogP contribution in [0, 0.1) is 5.92 Å². The lowest BCUT2D eigenvalue weighted by molar-refractivity contribution is -0.134. The molecule has 2 heterocycles. The van der Waals surface area contributed by atoms with Crippen molar-refractivity contribution in [2.45, 2.75) is 50.3 Å². The third kappa shape index (κ3) is 3.55. The Balaban J connectivity index is 1.42. The predicted molar refractivity (Wildman–Crippen MR) is 77.7 cm³/mol. The molecule has 2 N–H and O–H groups in total. The molecule has 0 spiro atoms. The number of ether oxygens (including phenoxy) is 1. The van der Waals surface area contributed by atoms with E-state index in [0.717, 1.165) is 51.7 Å². The van der Waals surface area contributed by atoms with Gasteiger partial charge in [0, 0.05) is 38.7 Å². The van der Waals surface area contributed by atoms with E-state index in [4.69, 9.17) is 4.74 Å². The summed E-state index contributed by atoms with van der Waals surface area (Å²) in [4.78, 5) is 26.1. The molecule has 2 saturated heterocycles.